The van der Waals surface area contributed by atoms with Crippen molar-refractivity contribution in [1.82, 2.24) is 14.5 Å². The highest BCUT2D eigenvalue weighted by Crippen LogP contribution is 2.30. The maximum absolute atomic E-state index is 13.2. The summed E-state index contributed by atoms with van der Waals surface area (Å²) in [6.07, 6.45) is 3.63. The first-order valence-electron chi connectivity index (χ1n) is 10.5. The smallest absolute Gasteiger partial charge is 0.257 e. The minimum Gasteiger partial charge on any atom is -0.497 e. The van der Waals surface area contributed by atoms with Crippen LogP contribution in [-0.2, 0) is 10.0 Å². The second-order valence-electron chi connectivity index (χ2n) is 7.56. The van der Waals surface area contributed by atoms with Gasteiger partial charge in [0.15, 0.2) is 0 Å². The number of halogens is 1. The lowest BCUT2D eigenvalue weighted by molar-refractivity contribution is 0.102. The molecule has 1 amide bonds. The molecule has 0 radical (unpaired) electrons. The molecule has 1 N–H and O–H groups in total. The fourth-order valence-electron chi connectivity index (χ4n) is 3.56. The summed E-state index contributed by atoms with van der Waals surface area (Å²) in [6.45, 7) is 0.905. The zero-order chi connectivity index (χ0) is 23.4. The van der Waals surface area contributed by atoms with Gasteiger partial charge in [0.1, 0.15) is 15.7 Å². The number of amides is 1. The molecule has 1 aromatic heterocycles. The van der Waals surface area contributed by atoms with E-state index in [1.165, 1.54) is 33.8 Å². The first kappa shape index (κ1) is 23.6. The Kier molecular flexibility index (Phi) is 7.28. The van der Waals surface area contributed by atoms with Gasteiger partial charge >= 0.3 is 0 Å². The third-order valence-electron chi connectivity index (χ3n) is 5.36. The van der Waals surface area contributed by atoms with Gasteiger partial charge in [-0.05, 0) is 55.3 Å². The number of nitrogens with zero attached hydrogens (tertiary/aromatic N) is 3. The van der Waals surface area contributed by atoms with Crippen LogP contribution in [0.5, 0.6) is 5.75 Å². The normalized spacial score (nSPS) is 15.1. The number of hydrogen-bond donors (Lipinski definition) is 1. The van der Waals surface area contributed by atoms with Crippen molar-refractivity contribution in [3.8, 4) is 16.3 Å². The van der Waals surface area contributed by atoms with Crippen molar-refractivity contribution >= 4 is 44.0 Å². The number of carbonyl (C=O) groups is 1. The van der Waals surface area contributed by atoms with Crippen LogP contribution in [0, 0.1) is 0 Å². The Balaban J connectivity index is 1.53. The molecule has 1 aliphatic rings. The number of methoxy groups -OCH3 is 1. The van der Waals surface area contributed by atoms with Crippen LogP contribution in [0.4, 0.5) is 5.13 Å². The molecule has 0 atom stereocenters. The molecular weight excluding hydrogens is 484 g/mol. The fraction of sp³-hybridized carbons (Fsp3) is 0.318. The van der Waals surface area contributed by atoms with Crippen LogP contribution in [0.3, 0.4) is 0 Å². The summed E-state index contributed by atoms with van der Waals surface area (Å²) in [5.41, 5.74) is 1.01. The molecule has 0 unspecified atom stereocenters. The SMILES string of the molecule is COc1ccc(-c2nnc(NC(=O)c3ccc(Cl)c(S(=O)(=O)N4CCCCCC4)c3)s2)cc1. The number of sulfonamides is 1. The van der Waals surface area contributed by atoms with Crippen LogP contribution in [0.15, 0.2) is 47.4 Å². The van der Waals surface area contributed by atoms with E-state index in [1.807, 2.05) is 24.3 Å². The van der Waals surface area contributed by atoms with Crippen molar-refractivity contribution in [2.45, 2.75) is 30.6 Å². The van der Waals surface area contributed by atoms with Crippen molar-refractivity contribution in [2.75, 3.05) is 25.5 Å². The van der Waals surface area contributed by atoms with E-state index in [0.717, 1.165) is 37.0 Å². The van der Waals surface area contributed by atoms with Gasteiger partial charge in [-0.25, -0.2) is 8.42 Å². The first-order chi connectivity index (χ1) is 15.9. The number of carbonyl (C=O) groups excluding carboxylic acids is 1. The first-order valence-corrected chi connectivity index (χ1v) is 13.1. The molecule has 33 heavy (non-hydrogen) atoms. The van der Waals surface area contributed by atoms with E-state index in [4.69, 9.17) is 16.3 Å². The van der Waals surface area contributed by atoms with E-state index < -0.39 is 15.9 Å². The zero-order valence-electron chi connectivity index (χ0n) is 18.0. The summed E-state index contributed by atoms with van der Waals surface area (Å²) in [5, 5.41) is 11.9. The zero-order valence-corrected chi connectivity index (χ0v) is 20.3. The van der Waals surface area contributed by atoms with E-state index in [-0.39, 0.29) is 15.5 Å². The molecule has 174 valence electrons. The Morgan fingerprint density at radius 1 is 1.06 bits per heavy atom. The van der Waals surface area contributed by atoms with Crippen LogP contribution in [0.2, 0.25) is 5.02 Å². The highest BCUT2D eigenvalue weighted by atomic mass is 35.5. The largest absolute Gasteiger partial charge is 0.497 e. The molecule has 3 aromatic rings. The number of aromatic nitrogens is 2. The van der Waals surface area contributed by atoms with E-state index in [2.05, 4.69) is 15.5 Å². The number of nitrogens with one attached hydrogen (secondary N) is 1. The van der Waals surface area contributed by atoms with Crippen molar-refractivity contribution in [2.24, 2.45) is 0 Å². The Morgan fingerprint density at radius 3 is 2.42 bits per heavy atom. The molecular formula is C22H23ClN4O4S2. The summed E-state index contributed by atoms with van der Waals surface area (Å²) >= 11 is 7.44. The predicted octanol–water partition coefficient (Wildman–Crippen LogP) is 4.68. The van der Waals surface area contributed by atoms with Crippen molar-refractivity contribution in [3.05, 3.63) is 53.1 Å². The molecule has 0 saturated carbocycles. The molecule has 2 aromatic carbocycles. The van der Waals surface area contributed by atoms with Gasteiger partial charge in [-0.2, -0.15) is 4.31 Å². The fourth-order valence-corrected chi connectivity index (χ4v) is 6.32. The molecule has 0 spiro atoms. The van der Waals surface area contributed by atoms with E-state index in [9.17, 15) is 13.2 Å². The number of rotatable bonds is 6. The average molecular weight is 507 g/mol. The van der Waals surface area contributed by atoms with Crippen LogP contribution >= 0.6 is 22.9 Å². The summed E-state index contributed by atoms with van der Waals surface area (Å²) in [6, 6.07) is 11.6. The average Bonchev–Trinajstić information content (AvgIpc) is 3.10. The molecule has 0 aliphatic carbocycles. The van der Waals surface area contributed by atoms with Gasteiger partial charge in [-0.3, -0.25) is 10.1 Å². The number of benzene rings is 2. The number of anilines is 1. The third-order valence-corrected chi connectivity index (χ3v) is 8.63. The maximum Gasteiger partial charge on any atom is 0.257 e. The predicted molar refractivity (Wildman–Crippen MR) is 129 cm³/mol. The quantitative estimate of drug-likeness (QED) is 0.520. The van der Waals surface area contributed by atoms with Gasteiger partial charge in [0.25, 0.3) is 5.91 Å². The minimum absolute atomic E-state index is 0.0603. The monoisotopic (exact) mass is 506 g/mol. The van der Waals surface area contributed by atoms with Crippen LogP contribution in [-0.4, -0.2) is 49.0 Å². The Hall–Kier alpha value is -2.53. The van der Waals surface area contributed by atoms with Gasteiger partial charge in [0, 0.05) is 24.2 Å². The van der Waals surface area contributed by atoms with Gasteiger partial charge in [-0.15, -0.1) is 10.2 Å². The lowest BCUT2D eigenvalue weighted by Gasteiger charge is -2.21. The van der Waals surface area contributed by atoms with Gasteiger partial charge in [-0.1, -0.05) is 35.8 Å². The molecule has 1 fully saturated rings. The van der Waals surface area contributed by atoms with Crippen LogP contribution in [0.1, 0.15) is 36.0 Å². The van der Waals surface area contributed by atoms with Crippen LogP contribution in [0.25, 0.3) is 10.6 Å². The van der Waals surface area contributed by atoms with Gasteiger partial charge in [0.2, 0.25) is 15.2 Å². The number of ether oxygens (including phenoxy) is 1. The van der Waals surface area contributed by atoms with E-state index >= 15 is 0 Å². The molecule has 0 bridgehead atoms. The minimum atomic E-state index is -3.80. The second kappa shape index (κ2) is 10.2. The summed E-state index contributed by atoms with van der Waals surface area (Å²) < 4.78 is 33.0. The molecule has 1 saturated heterocycles. The van der Waals surface area contributed by atoms with Crippen molar-refractivity contribution < 1.29 is 17.9 Å². The van der Waals surface area contributed by atoms with Crippen molar-refractivity contribution in [1.29, 1.82) is 0 Å². The van der Waals surface area contributed by atoms with E-state index in [1.54, 1.807) is 7.11 Å². The highest BCUT2D eigenvalue weighted by molar-refractivity contribution is 7.89. The topological polar surface area (TPSA) is 101 Å². The molecule has 2 heterocycles. The third kappa shape index (κ3) is 5.35. The van der Waals surface area contributed by atoms with E-state index in [0.29, 0.717) is 23.2 Å². The molecule has 4 rings (SSSR count). The van der Waals surface area contributed by atoms with Crippen LogP contribution < -0.4 is 10.1 Å². The Morgan fingerprint density at radius 2 is 1.76 bits per heavy atom. The van der Waals surface area contributed by atoms with Gasteiger partial charge in [0.05, 0.1) is 12.1 Å². The molecule has 1 aliphatic heterocycles. The standard InChI is InChI=1S/C22H23ClN4O4S2/c1-31-17-9-6-15(7-10-17)21-25-26-22(32-21)24-20(28)16-8-11-18(23)19(14-16)33(29,30)27-12-4-2-3-5-13-27/h6-11,14H,2-5,12-13H2,1H3,(H,24,26,28). The second-order valence-corrected chi connectivity index (χ2v) is 10.8. The Labute approximate surface area is 201 Å². The summed E-state index contributed by atoms with van der Waals surface area (Å²) in [7, 11) is -2.20. The lowest BCUT2D eigenvalue weighted by atomic mass is 10.2. The maximum atomic E-state index is 13.2. The highest BCUT2D eigenvalue weighted by Gasteiger charge is 2.28. The van der Waals surface area contributed by atoms with Crippen molar-refractivity contribution in [3.63, 3.8) is 0 Å². The molecule has 8 nitrogen and oxygen atoms in total. The number of hydrogen-bond acceptors (Lipinski definition) is 7. The lowest BCUT2D eigenvalue weighted by Crippen LogP contribution is -2.32. The summed E-state index contributed by atoms with van der Waals surface area (Å²) in [5.74, 6) is 0.238. The molecule has 11 heteroatoms. The Bertz CT molecular complexity index is 1240. The summed E-state index contributed by atoms with van der Waals surface area (Å²) in [4.78, 5) is 12.8. The van der Waals surface area contributed by atoms with Gasteiger partial charge < -0.3 is 4.74 Å².